The molecule has 14 heteroatoms. The van der Waals surface area contributed by atoms with Gasteiger partial charge in [-0.2, -0.15) is 0 Å². The third-order valence-corrected chi connectivity index (χ3v) is 11.5. The van der Waals surface area contributed by atoms with Crippen LogP contribution in [0.15, 0.2) is 0 Å². The molecule has 3 saturated heterocycles. The molecular weight excluding hydrogens is 664 g/mol. The van der Waals surface area contributed by atoms with Gasteiger partial charge in [0.25, 0.3) is 0 Å². The van der Waals surface area contributed by atoms with E-state index in [2.05, 4.69) is 5.32 Å². The Balaban J connectivity index is 2.15. The molecule has 5 N–H and O–H groups in total. The predicted molar refractivity (Wildman–Crippen MR) is 189 cm³/mol. The number of hydrogen-bond acceptors (Lipinski definition) is 14. The maximum absolute atomic E-state index is 14.1. The van der Waals surface area contributed by atoms with Crippen LogP contribution in [-0.2, 0) is 38.0 Å². The number of methoxy groups -OCH3 is 1. The molecule has 3 fully saturated rings. The van der Waals surface area contributed by atoms with E-state index in [-0.39, 0.29) is 43.1 Å². The van der Waals surface area contributed by atoms with Crippen LogP contribution in [0.5, 0.6) is 0 Å². The van der Waals surface area contributed by atoms with Crippen LogP contribution in [-0.4, -0.2) is 149 Å². The van der Waals surface area contributed by atoms with Crippen molar-refractivity contribution in [1.29, 1.82) is 0 Å². The van der Waals surface area contributed by atoms with Crippen LogP contribution >= 0.6 is 0 Å². The topological polar surface area (TPSA) is 186 Å². The van der Waals surface area contributed by atoms with Gasteiger partial charge >= 0.3 is 5.97 Å². The molecule has 3 aliphatic heterocycles. The van der Waals surface area contributed by atoms with Gasteiger partial charge < -0.3 is 59.1 Å². The van der Waals surface area contributed by atoms with Gasteiger partial charge in [0, 0.05) is 31.5 Å². The number of nitrogens with one attached hydrogen (secondary N) is 1. The molecule has 0 spiro atoms. The van der Waals surface area contributed by atoms with Crippen molar-refractivity contribution < 1.29 is 58.4 Å². The van der Waals surface area contributed by atoms with Crippen molar-refractivity contribution >= 4 is 11.8 Å². The van der Waals surface area contributed by atoms with Crippen LogP contribution in [0.1, 0.15) is 94.9 Å². The molecule has 3 aliphatic rings. The number of aliphatic hydroxyl groups is 4. The van der Waals surface area contributed by atoms with Crippen molar-refractivity contribution in [3.8, 4) is 0 Å². The Labute approximate surface area is 304 Å². The van der Waals surface area contributed by atoms with E-state index in [1.165, 1.54) is 14.0 Å². The minimum absolute atomic E-state index is 0.0329. The highest BCUT2D eigenvalue weighted by atomic mass is 16.7. The Hall–Kier alpha value is -1.30. The first-order valence-electron chi connectivity index (χ1n) is 18.6. The number of carbonyl (C=O) groups is 2. The summed E-state index contributed by atoms with van der Waals surface area (Å²) >= 11 is 0. The second-order valence-corrected chi connectivity index (χ2v) is 16.5. The zero-order valence-electron chi connectivity index (χ0n) is 33.1. The highest BCUT2D eigenvalue weighted by Gasteiger charge is 2.52. The van der Waals surface area contributed by atoms with Crippen LogP contribution in [0.3, 0.4) is 0 Å². The molecule has 0 radical (unpaired) electrons. The summed E-state index contributed by atoms with van der Waals surface area (Å²) in [5.41, 5.74) is -4.59. The third-order valence-electron chi connectivity index (χ3n) is 11.5. The fraction of sp³-hybridized carbons (Fsp3) is 0.946. The van der Waals surface area contributed by atoms with Crippen LogP contribution in [0, 0.1) is 17.8 Å². The summed E-state index contributed by atoms with van der Waals surface area (Å²) in [6.45, 7) is 17.5. The van der Waals surface area contributed by atoms with Gasteiger partial charge in [-0.1, -0.05) is 20.8 Å². The summed E-state index contributed by atoms with van der Waals surface area (Å²) in [5, 5.41) is 50.0. The van der Waals surface area contributed by atoms with E-state index < -0.39 is 89.9 Å². The molecule has 0 aromatic carbocycles. The molecule has 0 bridgehead atoms. The number of aliphatic hydroxyl groups excluding tert-OH is 2. The molecule has 0 aromatic rings. The maximum Gasteiger partial charge on any atom is 0.311 e. The number of rotatable bonds is 7. The first kappa shape index (κ1) is 44.1. The van der Waals surface area contributed by atoms with E-state index in [1.807, 2.05) is 32.8 Å². The number of ether oxygens (including phenoxy) is 6. The molecule has 0 aliphatic carbocycles. The average molecular weight is 733 g/mol. The van der Waals surface area contributed by atoms with Crippen molar-refractivity contribution in [3.05, 3.63) is 0 Å². The molecule has 3 rings (SSSR count). The molecule has 298 valence electrons. The Morgan fingerprint density at radius 3 is 2.16 bits per heavy atom. The Bertz CT molecular complexity index is 1150. The summed E-state index contributed by atoms with van der Waals surface area (Å²) in [6.07, 6.45) is -7.75. The van der Waals surface area contributed by atoms with Gasteiger partial charge in [0.2, 0.25) is 0 Å². The molecule has 17 unspecified atom stereocenters. The fourth-order valence-electron chi connectivity index (χ4n) is 8.22. The van der Waals surface area contributed by atoms with Crippen molar-refractivity contribution in [2.75, 3.05) is 27.7 Å². The van der Waals surface area contributed by atoms with Crippen molar-refractivity contribution in [2.24, 2.45) is 17.8 Å². The Morgan fingerprint density at radius 2 is 1.59 bits per heavy atom. The van der Waals surface area contributed by atoms with Crippen LogP contribution < -0.4 is 5.32 Å². The number of cyclic esters (lactones) is 1. The normalized spacial score (nSPS) is 48.5. The number of esters is 1. The zero-order chi connectivity index (χ0) is 38.8. The Kier molecular flexibility index (Phi) is 15.1. The molecule has 0 saturated carbocycles. The lowest BCUT2D eigenvalue weighted by Crippen LogP contribution is -2.60. The Morgan fingerprint density at radius 1 is 0.961 bits per heavy atom. The minimum atomic E-state index is -1.81. The summed E-state index contributed by atoms with van der Waals surface area (Å²) in [5.74, 6) is -2.92. The molecular formula is C37H68N2O12. The number of ketones is 1. The molecule has 0 aromatic heterocycles. The first-order valence-corrected chi connectivity index (χ1v) is 18.6. The molecule has 0 amide bonds. The summed E-state index contributed by atoms with van der Waals surface area (Å²) in [6, 6.07) is -0.873. The largest absolute Gasteiger partial charge is 0.459 e. The molecule has 17 atom stereocenters. The van der Waals surface area contributed by atoms with E-state index in [0.29, 0.717) is 13.0 Å². The van der Waals surface area contributed by atoms with Gasteiger partial charge in [0.05, 0.1) is 29.8 Å². The van der Waals surface area contributed by atoms with E-state index in [0.717, 1.165) is 0 Å². The first-order chi connectivity index (χ1) is 23.5. The average Bonchev–Trinajstić information content (AvgIpc) is 3.05. The highest BCUT2D eigenvalue weighted by molar-refractivity contribution is 5.91. The number of hydrogen-bond donors (Lipinski definition) is 5. The van der Waals surface area contributed by atoms with E-state index in [9.17, 15) is 30.0 Å². The second-order valence-electron chi connectivity index (χ2n) is 16.5. The lowest BCUT2D eigenvalue weighted by Gasteiger charge is -2.48. The van der Waals surface area contributed by atoms with Crippen molar-refractivity contribution in [1.82, 2.24) is 10.2 Å². The molecule has 14 nitrogen and oxygen atoms in total. The lowest BCUT2D eigenvalue weighted by molar-refractivity contribution is -0.307. The minimum Gasteiger partial charge on any atom is -0.459 e. The van der Waals surface area contributed by atoms with Gasteiger partial charge in [0.15, 0.2) is 18.4 Å². The maximum atomic E-state index is 14.1. The van der Waals surface area contributed by atoms with Gasteiger partial charge in [-0.05, 0) is 94.3 Å². The van der Waals surface area contributed by atoms with Crippen molar-refractivity contribution in [3.63, 3.8) is 0 Å². The third kappa shape index (κ3) is 10.1. The second kappa shape index (κ2) is 17.4. The van der Waals surface area contributed by atoms with Crippen molar-refractivity contribution in [2.45, 2.75) is 179 Å². The van der Waals surface area contributed by atoms with E-state index >= 15 is 0 Å². The highest BCUT2D eigenvalue weighted by Crippen LogP contribution is 2.39. The van der Waals surface area contributed by atoms with Gasteiger partial charge in [-0.25, -0.2) is 0 Å². The van der Waals surface area contributed by atoms with Gasteiger partial charge in [-0.3, -0.25) is 9.59 Å². The summed E-state index contributed by atoms with van der Waals surface area (Å²) in [7, 11) is 5.20. The monoisotopic (exact) mass is 732 g/mol. The number of nitrogens with zero attached hydrogens (tertiary/aromatic N) is 1. The molecule has 3 heterocycles. The predicted octanol–water partition coefficient (Wildman–Crippen LogP) is 1.77. The van der Waals surface area contributed by atoms with Gasteiger partial charge in [-0.15, -0.1) is 0 Å². The van der Waals surface area contributed by atoms with Crippen LogP contribution in [0.2, 0.25) is 0 Å². The van der Waals surface area contributed by atoms with E-state index in [1.54, 1.807) is 48.5 Å². The fourth-order valence-corrected chi connectivity index (χ4v) is 8.22. The summed E-state index contributed by atoms with van der Waals surface area (Å²) < 4.78 is 37.1. The SMILES string of the molecule is CCC1OC(=O)C(C)C(OC2CC(C)(OC)C(=O)C(C)O2)C(C)C(OC2OC(C)CC(N(C)C)C2O)C(C)(O)CC(C)CNC(C)C(O)C1(C)O. The number of likely N-dealkylation sites (N-methyl/N-ethyl adjacent to an activating group) is 1. The van der Waals surface area contributed by atoms with E-state index in [4.69, 9.17) is 28.4 Å². The number of carbonyl (C=O) groups excluding carboxylic acids is 2. The van der Waals surface area contributed by atoms with Crippen LogP contribution in [0.4, 0.5) is 0 Å². The zero-order valence-corrected chi connectivity index (χ0v) is 33.1. The summed E-state index contributed by atoms with van der Waals surface area (Å²) in [4.78, 5) is 29.0. The van der Waals surface area contributed by atoms with Crippen LogP contribution in [0.25, 0.3) is 0 Å². The standard InChI is InChI=1S/C37H68N2O12/c1-14-26-37(10,45)30(41)23(6)38-18-19(2)16-35(8,44)32(51-34-28(40)25(39(11)12)15-20(3)47-34)21(4)29(22(5)33(43)49-26)50-27-17-36(9,46-13)31(42)24(7)48-27/h19-30,32,34,38,40-41,44-45H,14-18H2,1-13H3. The quantitative estimate of drug-likeness (QED) is 0.239. The molecule has 51 heavy (non-hydrogen) atoms. The smallest absolute Gasteiger partial charge is 0.311 e. The number of Topliss-reactive ketones (excluding diaryl/α,β-unsaturated/α-hetero) is 1. The van der Waals surface area contributed by atoms with Gasteiger partial charge in [0.1, 0.15) is 35.6 Å². The lowest BCUT2D eigenvalue weighted by atomic mass is 9.77.